The predicted molar refractivity (Wildman–Crippen MR) is 120 cm³/mol. The topological polar surface area (TPSA) is 0 Å². The van der Waals surface area contributed by atoms with Crippen molar-refractivity contribution in [1.29, 1.82) is 0 Å². The second kappa shape index (κ2) is 7.40. The minimum Gasteiger partial charge on any atom is -0.174 e. The maximum atomic E-state index is 4.36. The van der Waals surface area contributed by atoms with Crippen molar-refractivity contribution >= 4 is 70.6 Å². The maximum absolute atomic E-state index is 4.36. The van der Waals surface area contributed by atoms with Gasteiger partial charge < -0.3 is 0 Å². The molecule has 0 fully saturated rings. The lowest BCUT2D eigenvalue weighted by atomic mass is 10.3. The molecule has 0 amide bonds. The average molecular weight is 423 g/mol. The van der Waals surface area contributed by atoms with Gasteiger partial charge in [0.25, 0.3) is 0 Å². The van der Waals surface area contributed by atoms with Crippen molar-refractivity contribution in [2.45, 2.75) is 11.5 Å². The van der Waals surface area contributed by atoms with Gasteiger partial charge in [-0.1, -0.05) is 0 Å². The average Bonchev–Trinajstić information content (AvgIpc) is 3.40. The molecular weight excluding hydrogens is 409 g/mol. The Bertz CT molecular complexity index is 873. The van der Waals surface area contributed by atoms with Crippen LogP contribution < -0.4 is 0 Å². The number of hydrogen-bond acceptors (Lipinski definition) is 6. The van der Waals surface area contributed by atoms with E-state index in [4.69, 9.17) is 0 Å². The summed E-state index contributed by atoms with van der Waals surface area (Å²) in [7, 11) is 0. The zero-order valence-electron chi connectivity index (χ0n) is 12.6. The summed E-state index contributed by atoms with van der Waals surface area (Å²) < 4.78 is 0. The summed E-state index contributed by atoms with van der Waals surface area (Å²) >= 11 is 16.1. The van der Waals surface area contributed by atoms with Gasteiger partial charge in [-0.15, -0.1) is 45.3 Å². The monoisotopic (exact) mass is 422 g/mol. The van der Waals surface area contributed by atoms with Crippen LogP contribution in [0.5, 0.6) is 0 Å². The highest BCUT2D eigenvalue weighted by atomic mass is 32.1. The summed E-state index contributed by atoms with van der Waals surface area (Å²) in [5.74, 6) is 1.62. The van der Waals surface area contributed by atoms with Gasteiger partial charge in [-0.3, -0.25) is 0 Å². The van der Waals surface area contributed by atoms with Gasteiger partial charge in [0.1, 0.15) is 0 Å². The summed E-state index contributed by atoms with van der Waals surface area (Å²) in [4.78, 5) is 10.7. The molecule has 24 heavy (non-hydrogen) atoms. The highest BCUT2D eigenvalue weighted by Gasteiger charge is 2.11. The molecule has 4 heterocycles. The second-order valence-corrected chi connectivity index (χ2v) is 10.3. The summed E-state index contributed by atoms with van der Waals surface area (Å²) in [6, 6.07) is 17.7. The first-order chi connectivity index (χ1) is 11.8. The molecule has 0 spiro atoms. The molecule has 0 unspecified atom stereocenters. The van der Waals surface area contributed by atoms with Crippen LogP contribution in [0.1, 0.15) is 9.75 Å². The van der Waals surface area contributed by atoms with E-state index in [0.29, 0.717) is 0 Å². The normalized spacial score (nSPS) is 11.2. The molecule has 0 radical (unpaired) electrons. The Balaban J connectivity index is 1.60. The van der Waals surface area contributed by atoms with Gasteiger partial charge in [-0.25, -0.2) is 0 Å². The molecule has 0 N–H and O–H groups in total. The Morgan fingerprint density at radius 3 is 1.04 bits per heavy atom. The molecule has 6 heteroatoms. The largest absolute Gasteiger partial charge is 0.174 e. The van der Waals surface area contributed by atoms with E-state index in [9.17, 15) is 0 Å². The van der Waals surface area contributed by atoms with Gasteiger partial charge in [0.05, 0.1) is 0 Å². The smallest absolute Gasteiger partial charge is 0.0449 e. The van der Waals surface area contributed by atoms with Crippen molar-refractivity contribution in [3.05, 3.63) is 58.3 Å². The summed E-state index contributed by atoms with van der Waals surface area (Å²) in [5, 5.41) is 0. The number of thiol groups is 2. The molecule has 0 nitrogen and oxygen atoms in total. The SMILES string of the molecule is SCc1ccc(-c2ccc(-c3ccc(-c4ccc(CS)s4)s3)s2)s1. The van der Waals surface area contributed by atoms with Gasteiger partial charge in [-0.2, -0.15) is 25.3 Å². The van der Waals surface area contributed by atoms with E-state index in [-0.39, 0.29) is 0 Å². The molecule has 0 aliphatic rings. The first-order valence-corrected chi connectivity index (χ1v) is 11.9. The maximum Gasteiger partial charge on any atom is 0.0449 e. The van der Waals surface area contributed by atoms with E-state index >= 15 is 0 Å². The number of thiophene rings is 4. The highest BCUT2D eigenvalue weighted by molar-refractivity contribution is 7.79. The minimum absolute atomic E-state index is 0.812. The lowest BCUT2D eigenvalue weighted by Crippen LogP contribution is -1.60. The van der Waals surface area contributed by atoms with Crippen LogP contribution in [0.15, 0.2) is 48.5 Å². The van der Waals surface area contributed by atoms with Gasteiger partial charge >= 0.3 is 0 Å². The van der Waals surface area contributed by atoms with Crippen LogP contribution in [0.3, 0.4) is 0 Å². The standard InChI is InChI=1S/C18H14S6/c19-9-11-1-3-13(21-11)15-5-7-17(23-15)18-8-6-16(24-18)14-4-2-12(10-20)22-14/h1-8,19-20H,9-10H2. The Labute approximate surface area is 168 Å². The van der Waals surface area contributed by atoms with E-state index in [1.807, 2.05) is 45.3 Å². The fourth-order valence-corrected chi connectivity index (χ4v) is 7.01. The first kappa shape index (κ1) is 16.9. The molecular formula is C18H14S6. The van der Waals surface area contributed by atoms with E-state index in [1.54, 1.807) is 0 Å². The third-order valence-electron chi connectivity index (χ3n) is 3.58. The minimum atomic E-state index is 0.812. The van der Waals surface area contributed by atoms with Gasteiger partial charge in [0, 0.05) is 50.5 Å². The van der Waals surface area contributed by atoms with Crippen LogP contribution in [0.25, 0.3) is 29.3 Å². The summed E-state index contributed by atoms with van der Waals surface area (Å²) in [6.07, 6.45) is 0. The molecule has 0 aliphatic carbocycles. The predicted octanol–water partition coefficient (Wildman–Crippen LogP) is 7.79. The van der Waals surface area contributed by atoms with Crippen LogP contribution in [0.4, 0.5) is 0 Å². The first-order valence-electron chi connectivity index (χ1n) is 7.37. The van der Waals surface area contributed by atoms with Crippen molar-refractivity contribution in [1.82, 2.24) is 0 Å². The fourth-order valence-electron chi connectivity index (χ4n) is 2.40. The van der Waals surface area contributed by atoms with Crippen molar-refractivity contribution < 1.29 is 0 Å². The highest BCUT2D eigenvalue weighted by Crippen LogP contribution is 2.43. The molecule has 4 aromatic heterocycles. The molecule has 0 saturated carbocycles. The third-order valence-corrected chi connectivity index (χ3v) is 9.61. The quantitative estimate of drug-likeness (QED) is 0.301. The Kier molecular flexibility index (Phi) is 5.22. The summed E-state index contributed by atoms with van der Waals surface area (Å²) in [6.45, 7) is 0. The van der Waals surface area contributed by atoms with Crippen molar-refractivity contribution in [3.63, 3.8) is 0 Å². The van der Waals surface area contributed by atoms with Crippen LogP contribution in [-0.2, 0) is 11.5 Å². The lowest BCUT2D eigenvalue weighted by molar-refractivity contribution is 1.57. The van der Waals surface area contributed by atoms with Crippen LogP contribution >= 0.6 is 70.6 Å². The van der Waals surface area contributed by atoms with Crippen molar-refractivity contribution in [2.75, 3.05) is 0 Å². The zero-order chi connectivity index (χ0) is 16.5. The van der Waals surface area contributed by atoms with Gasteiger partial charge in [0.2, 0.25) is 0 Å². The van der Waals surface area contributed by atoms with E-state index in [0.717, 1.165) is 11.5 Å². The molecule has 0 aliphatic heterocycles. The molecule has 0 bridgehead atoms. The molecule has 0 saturated heterocycles. The Morgan fingerprint density at radius 1 is 0.458 bits per heavy atom. The molecule has 122 valence electrons. The van der Waals surface area contributed by atoms with Crippen LogP contribution in [-0.4, -0.2) is 0 Å². The number of hydrogen-bond donors (Lipinski definition) is 2. The number of rotatable bonds is 5. The van der Waals surface area contributed by atoms with Crippen LogP contribution in [0, 0.1) is 0 Å². The van der Waals surface area contributed by atoms with Crippen LogP contribution in [0.2, 0.25) is 0 Å². The molecule has 4 rings (SSSR count). The second-order valence-electron chi connectivity index (χ2n) is 5.18. The van der Waals surface area contributed by atoms with Crippen molar-refractivity contribution in [3.8, 4) is 29.3 Å². The third kappa shape index (κ3) is 3.41. The van der Waals surface area contributed by atoms with E-state index in [2.05, 4.69) is 73.8 Å². The molecule has 0 atom stereocenters. The molecule has 0 aromatic carbocycles. The Morgan fingerprint density at radius 2 is 0.750 bits per heavy atom. The molecule has 4 aromatic rings. The van der Waals surface area contributed by atoms with E-state index in [1.165, 1.54) is 39.0 Å². The summed E-state index contributed by atoms with van der Waals surface area (Å²) in [5.41, 5.74) is 0. The van der Waals surface area contributed by atoms with Gasteiger partial charge in [0.15, 0.2) is 0 Å². The fraction of sp³-hybridized carbons (Fsp3) is 0.111. The lowest BCUT2D eigenvalue weighted by Gasteiger charge is -1.92. The Hall–Kier alpha value is -0.500. The van der Waals surface area contributed by atoms with E-state index < -0.39 is 0 Å². The van der Waals surface area contributed by atoms with Gasteiger partial charge in [-0.05, 0) is 48.5 Å². The zero-order valence-corrected chi connectivity index (χ0v) is 17.6. The van der Waals surface area contributed by atoms with Crippen molar-refractivity contribution in [2.24, 2.45) is 0 Å².